The molecule has 118 valence electrons. The Hall–Kier alpha value is -0.810. The Labute approximate surface area is 132 Å². The topological polar surface area (TPSA) is 44.7 Å². The third kappa shape index (κ3) is 5.83. The van der Waals surface area contributed by atoms with Gasteiger partial charge in [-0.25, -0.2) is 0 Å². The highest BCUT2D eigenvalue weighted by Gasteiger charge is 2.25. The molecule has 0 spiro atoms. The van der Waals surface area contributed by atoms with Crippen LogP contribution in [-0.4, -0.2) is 55.4 Å². The first kappa shape index (κ1) is 16.6. The number of likely N-dealkylation sites (N-methyl/N-ethyl adjacent to an activating group) is 1. The molecule has 0 bridgehead atoms. The quantitative estimate of drug-likeness (QED) is 0.685. The highest BCUT2D eigenvalue weighted by molar-refractivity contribution is 6.31. The first-order chi connectivity index (χ1) is 10.1. The molecule has 1 aromatic carbocycles. The molecule has 5 heteroatoms. The van der Waals surface area contributed by atoms with E-state index < -0.39 is 6.10 Å². The van der Waals surface area contributed by atoms with Gasteiger partial charge in [0.1, 0.15) is 18.5 Å². The monoisotopic (exact) mass is 312 g/mol. The zero-order valence-electron chi connectivity index (χ0n) is 12.8. The number of rotatable bonds is 9. The maximum absolute atomic E-state index is 9.89. The van der Waals surface area contributed by atoms with E-state index in [1.54, 1.807) is 0 Å². The SMILES string of the molecule is Cc1cc(OCC(O)CNCCN(C)C2CC2)ccc1Cl. The average molecular weight is 313 g/mol. The molecule has 0 radical (unpaired) electrons. The highest BCUT2D eigenvalue weighted by Crippen LogP contribution is 2.24. The zero-order valence-corrected chi connectivity index (χ0v) is 13.6. The summed E-state index contributed by atoms with van der Waals surface area (Å²) in [5, 5.41) is 13.9. The van der Waals surface area contributed by atoms with Crippen molar-refractivity contribution in [1.82, 2.24) is 10.2 Å². The van der Waals surface area contributed by atoms with Crippen LogP contribution in [0.15, 0.2) is 18.2 Å². The number of hydrogen-bond donors (Lipinski definition) is 2. The van der Waals surface area contributed by atoms with E-state index in [0.717, 1.165) is 35.5 Å². The molecular formula is C16H25ClN2O2. The van der Waals surface area contributed by atoms with Crippen LogP contribution < -0.4 is 10.1 Å². The normalized spacial score (nSPS) is 16.2. The van der Waals surface area contributed by atoms with Crippen LogP contribution in [0.25, 0.3) is 0 Å². The molecule has 1 fully saturated rings. The number of nitrogens with zero attached hydrogens (tertiary/aromatic N) is 1. The lowest BCUT2D eigenvalue weighted by molar-refractivity contribution is 0.106. The number of hydrogen-bond acceptors (Lipinski definition) is 4. The number of nitrogens with one attached hydrogen (secondary N) is 1. The average Bonchev–Trinajstić information content (AvgIpc) is 3.29. The summed E-state index contributed by atoms with van der Waals surface area (Å²) in [6.07, 6.45) is 2.15. The van der Waals surface area contributed by atoms with Crippen molar-refractivity contribution in [2.24, 2.45) is 0 Å². The Bertz CT molecular complexity index is 452. The van der Waals surface area contributed by atoms with E-state index in [9.17, 15) is 5.11 Å². The molecule has 0 amide bonds. The van der Waals surface area contributed by atoms with Crippen LogP contribution in [0.1, 0.15) is 18.4 Å². The fourth-order valence-electron chi connectivity index (χ4n) is 2.18. The summed E-state index contributed by atoms with van der Waals surface area (Å²) in [5.41, 5.74) is 0.977. The predicted octanol–water partition coefficient (Wildman–Crippen LogP) is 2.07. The van der Waals surface area contributed by atoms with E-state index in [1.165, 1.54) is 12.8 Å². The van der Waals surface area contributed by atoms with Gasteiger partial charge in [-0.05, 0) is 50.6 Å². The van der Waals surface area contributed by atoms with E-state index in [4.69, 9.17) is 16.3 Å². The maximum atomic E-state index is 9.89. The third-order valence-electron chi connectivity index (χ3n) is 3.76. The van der Waals surface area contributed by atoms with Crippen molar-refractivity contribution < 1.29 is 9.84 Å². The largest absolute Gasteiger partial charge is 0.491 e. The minimum atomic E-state index is -0.507. The summed E-state index contributed by atoms with van der Waals surface area (Å²) >= 11 is 5.96. The molecule has 1 saturated carbocycles. The molecule has 1 unspecified atom stereocenters. The van der Waals surface area contributed by atoms with Crippen LogP contribution in [0.3, 0.4) is 0 Å². The van der Waals surface area contributed by atoms with Crippen LogP contribution in [0.5, 0.6) is 5.75 Å². The van der Waals surface area contributed by atoms with Gasteiger partial charge in [0.15, 0.2) is 0 Å². The van der Waals surface area contributed by atoms with Gasteiger partial charge in [-0.1, -0.05) is 11.6 Å². The highest BCUT2D eigenvalue weighted by atomic mass is 35.5. The number of aliphatic hydroxyl groups excluding tert-OH is 1. The third-order valence-corrected chi connectivity index (χ3v) is 4.19. The van der Waals surface area contributed by atoms with Gasteiger partial charge < -0.3 is 20.1 Å². The molecule has 1 atom stereocenters. The van der Waals surface area contributed by atoms with Gasteiger partial charge >= 0.3 is 0 Å². The van der Waals surface area contributed by atoms with E-state index in [0.29, 0.717) is 6.54 Å². The lowest BCUT2D eigenvalue weighted by Crippen LogP contribution is -2.36. The molecule has 2 rings (SSSR count). The summed E-state index contributed by atoms with van der Waals surface area (Å²) in [4.78, 5) is 2.37. The minimum absolute atomic E-state index is 0.284. The number of benzene rings is 1. The number of ether oxygens (including phenoxy) is 1. The zero-order chi connectivity index (χ0) is 15.2. The van der Waals surface area contributed by atoms with Crippen molar-refractivity contribution in [2.75, 3.05) is 33.3 Å². The lowest BCUT2D eigenvalue weighted by Gasteiger charge is -2.17. The van der Waals surface area contributed by atoms with Crippen LogP contribution in [0.4, 0.5) is 0 Å². The van der Waals surface area contributed by atoms with Gasteiger partial charge in [-0.15, -0.1) is 0 Å². The fourth-order valence-corrected chi connectivity index (χ4v) is 2.30. The summed E-state index contributed by atoms with van der Waals surface area (Å²) in [7, 11) is 2.15. The Morgan fingerprint density at radius 2 is 2.24 bits per heavy atom. The van der Waals surface area contributed by atoms with Crippen molar-refractivity contribution in [2.45, 2.75) is 31.9 Å². The second kappa shape index (κ2) is 7.99. The van der Waals surface area contributed by atoms with Crippen molar-refractivity contribution in [3.8, 4) is 5.75 Å². The Morgan fingerprint density at radius 3 is 2.90 bits per heavy atom. The van der Waals surface area contributed by atoms with Crippen molar-refractivity contribution in [3.05, 3.63) is 28.8 Å². The first-order valence-electron chi connectivity index (χ1n) is 7.54. The summed E-state index contributed by atoms with van der Waals surface area (Å²) in [5.74, 6) is 0.740. The smallest absolute Gasteiger partial charge is 0.119 e. The second-order valence-electron chi connectivity index (χ2n) is 5.79. The van der Waals surface area contributed by atoms with Gasteiger partial charge in [0, 0.05) is 30.7 Å². The van der Waals surface area contributed by atoms with E-state index in [1.807, 2.05) is 25.1 Å². The van der Waals surface area contributed by atoms with Gasteiger partial charge in [0.05, 0.1) is 0 Å². The van der Waals surface area contributed by atoms with Crippen LogP contribution in [0, 0.1) is 6.92 Å². The molecule has 0 aromatic heterocycles. The number of aliphatic hydroxyl groups is 1. The Balaban J connectivity index is 1.58. The van der Waals surface area contributed by atoms with Gasteiger partial charge in [0.25, 0.3) is 0 Å². The summed E-state index contributed by atoms with van der Waals surface area (Å²) in [6.45, 7) is 4.68. The first-order valence-corrected chi connectivity index (χ1v) is 7.92. The molecule has 1 aromatic rings. The Morgan fingerprint density at radius 1 is 1.48 bits per heavy atom. The van der Waals surface area contributed by atoms with Crippen LogP contribution in [-0.2, 0) is 0 Å². The van der Waals surface area contributed by atoms with Crippen LogP contribution in [0.2, 0.25) is 5.02 Å². The van der Waals surface area contributed by atoms with E-state index in [-0.39, 0.29) is 6.61 Å². The van der Waals surface area contributed by atoms with Crippen LogP contribution >= 0.6 is 11.6 Å². The number of aryl methyl sites for hydroxylation is 1. The summed E-state index contributed by atoms with van der Waals surface area (Å²) in [6, 6.07) is 6.30. The second-order valence-corrected chi connectivity index (χ2v) is 6.20. The molecular weight excluding hydrogens is 288 g/mol. The van der Waals surface area contributed by atoms with Gasteiger partial charge in [-0.3, -0.25) is 0 Å². The maximum Gasteiger partial charge on any atom is 0.119 e. The molecule has 0 heterocycles. The van der Waals surface area contributed by atoms with Gasteiger partial charge in [-0.2, -0.15) is 0 Å². The Kier molecular flexibility index (Phi) is 6.30. The molecule has 0 aliphatic heterocycles. The molecule has 1 aliphatic rings. The van der Waals surface area contributed by atoms with Crippen molar-refractivity contribution >= 4 is 11.6 Å². The standard InChI is InChI=1S/C16H25ClN2O2/c1-12-9-15(5-6-16(12)17)21-11-14(20)10-18-7-8-19(2)13-3-4-13/h5-6,9,13-14,18,20H,3-4,7-8,10-11H2,1-2H3. The fraction of sp³-hybridized carbons (Fsp3) is 0.625. The minimum Gasteiger partial charge on any atom is -0.491 e. The lowest BCUT2D eigenvalue weighted by atomic mass is 10.2. The summed E-state index contributed by atoms with van der Waals surface area (Å²) < 4.78 is 5.57. The van der Waals surface area contributed by atoms with Crippen molar-refractivity contribution in [1.29, 1.82) is 0 Å². The molecule has 21 heavy (non-hydrogen) atoms. The van der Waals surface area contributed by atoms with Gasteiger partial charge in [0.2, 0.25) is 0 Å². The van der Waals surface area contributed by atoms with E-state index >= 15 is 0 Å². The molecule has 4 nitrogen and oxygen atoms in total. The molecule has 2 N–H and O–H groups in total. The molecule has 0 saturated heterocycles. The van der Waals surface area contributed by atoms with Crippen molar-refractivity contribution in [3.63, 3.8) is 0 Å². The molecule has 1 aliphatic carbocycles. The number of halogens is 1. The van der Waals surface area contributed by atoms with E-state index in [2.05, 4.69) is 17.3 Å². The predicted molar refractivity (Wildman–Crippen MR) is 86.2 cm³/mol.